The number of nitrogens with zero attached hydrogens (tertiary/aromatic N) is 3. The Morgan fingerprint density at radius 3 is 2.47 bits per heavy atom. The van der Waals surface area contributed by atoms with Crippen LogP contribution in [0, 0.1) is 0 Å². The van der Waals surface area contributed by atoms with Gasteiger partial charge in [0.2, 0.25) is 0 Å². The van der Waals surface area contributed by atoms with Crippen molar-refractivity contribution in [2.45, 2.75) is 64.8 Å². The first-order valence-electron chi connectivity index (χ1n) is 11.4. The van der Waals surface area contributed by atoms with Gasteiger partial charge in [-0.3, -0.25) is 14.6 Å². The molecule has 2 aromatic heterocycles. The lowest BCUT2D eigenvalue weighted by atomic mass is 10.2. The molecule has 4 heterocycles. The topological polar surface area (TPSA) is 76.5 Å². The summed E-state index contributed by atoms with van der Waals surface area (Å²) in [6.07, 6.45) is -8.11. The molecule has 2 aliphatic rings. The van der Waals surface area contributed by atoms with Gasteiger partial charge >= 0.3 is 12.4 Å². The van der Waals surface area contributed by atoms with Crippen LogP contribution in [0.3, 0.4) is 0 Å². The average molecular weight is 520 g/mol. The maximum absolute atomic E-state index is 13.4. The Kier molecular flexibility index (Phi) is 8.32. The molecule has 0 radical (unpaired) electrons. The van der Waals surface area contributed by atoms with Gasteiger partial charge < -0.3 is 19.5 Å². The van der Waals surface area contributed by atoms with Crippen molar-refractivity contribution < 1.29 is 40.7 Å². The first-order chi connectivity index (χ1) is 17.0. The number of aromatic nitrogens is 2. The van der Waals surface area contributed by atoms with Gasteiger partial charge in [0.05, 0.1) is 24.5 Å². The molecule has 2 aliphatic heterocycles. The van der Waals surface area contributed by atoms with Gasteiger partial charge in [0, 0.05) is 25.8 Å². The molecular formula is C23H26F6N4O3. The van der Waals surface area contributed by atoms with Crippen molar-refractivity contribution >= 4 is 11.8 Å². The number of halogens is 6. The standard InChI is InChI=1S/C21H20F6N4O3.C2H6/c22-20(23,24)16-4-3-12(9-28-16)10-29-18(32)13-8-14(30-6-7-34-11-15(13)30)19(33)31-5-1-2-17(31)21(25,26)27;1-2/h3-4,8-9,17H,1-2,5-7,10-11H2,(H,29,32);1-2H3. The van der Waals surface area contributed by atoms with Gasteiger partial charge in [-0.05, 0) is 30.5 Å². The average Bonchev–Trinajstić information content (AvgIpc) is 3.49. The molecule has 1 fully saturated rings. The minimum atomic E-state index is -4.59. The lowest BCUT2D eigenvalue weighted by Gasteiger charge is -2.27. The Balaban J connectivity index is 0.00000176. The molecule has 2 aromatic rings. The number of rotatable bonds is 4. The number of nitrogens with one attached hydrogen (secondary N) is 1. The van der Waals surface area contributed by atoms with Crippen LogP contribution in [0.15, 0.2) is 24.4 Å². The second kappa shape index (κ2) is 10.9. The number of hydrogen-bond acceptors (Lipinski definition) is 4. The molecule has 0 bridgehead atoms. The molecule has 1 unspecified atom stereocenters. The summed E-state index contributed by atoms with van der Waals surface area (Å²) < 4.78 is 84.9. The van der Waals surface area contributed by atoms with Crippen LogP contribution >= 0.6 is 0 Å². The third kappa shape index (κ3) is 5.82. The summed E-state index contributed by atoms with van der Waals surface area (Å²) in [6, 6.07) is 1.33. The van der Waals surface area contributed by atoms with E-state index in [2.05, 4.69) is 10.3 Å². The first kappa shape index (κ1) is 27.5. The van der Waals surface area contributed by atoms with Crippen molar-refractivity contribution in [3.63, 3.8) is 0 Å². The summed E-state index contributed by atoms with van der Waals surface area (Å²) in [5, 5.41) is 2.54. The van der Waals surface area contributed by atoms with Gasteiger partial charge in [-0.1, -0.05) is 19.9 Å². The maximum atomic E-state index is 13.4. The van der Waals surface area contributed by atoms with E-state index in [0.29, 0.717) is 11.3 Å². The van der Waals surface area contributed by atoms with Crippen LogP contribution in [0.25, 0.3) is 0 Å². The number of carbonyl (C=O) groups is 2. The molecule has 13 heteroatoms. The highest BCUT2D eigenvalue weighted by Crippen LogP contribution is 2.34. The fourth-order valence-electron chi connectivity index (χ4n) is 4.17. The van der Waals surface area contributed by atoms with Gasteiger partial charge in [-0.2, -0.15) is 26.3 Å². The smallest absolute Gasteiger partial charge is 0.373 e. The maximum Gasteiger partial charge on any atom is 0.433 e. The van der Waals surface area contributed by atoms with Crippen molar-refractivity contribution in [3.05, 3.63) is 52.6 Å². The van der Waals surface area contributed by atoms with Crippen LogP contribution in [0.2, 0.25) is 0 Å². The van der Waals surface area contributed by atoms with Crippen molar-refractivity contribution in [3.8, 4) is 0 Å². The van der Waals surface area contributed by atoms with Crippen LogP contribution in [-0.2, 0) is 30.6 Å². The number of alkyl halides is 6. The zero-order chi connectivity index (χ0) is 26.7. The third-order valence-corrected chi connectivity index (χ3v) is 5.83. The van der Waals surface area contributed by atoms with E-state index >= 15 is 0 Å². The van der Waals surface area contributed by atoms with E-state index in [9.17, 15) is 35.9 Å². The van der Waals surface area contributed by atoms with E-state index < -0.39 is 35.9 Å². The highest BCUT2D eigenvalue weighted by atomic mass is 19.4. The zero-order valence-corrected chi connectivity index (χ0v) is 19.7. The molecule has 1 N–H and O–H groups in total. The normalized spacial score (nSPS) is 17.8. The lowest BCUT2D eigenvalue weighted by molar-refractivity contribution is -0.169. The van der Waals surface area contributed by atoms with E-state index in [0.717, 1.165) is 17.2 Å². The lowest BCUT2D eigenvalue weighted by Crippen LogP contribution is -2.45. The molecule has 1 saturated heterocycles. The number of hydrogen-bond donors (Lipinski definition) is 1. The number of ether oxygens (including phenoxy) is 1. The fraction of sp³-hybridized carbons (Fsp3) is 0.522. The third-order valence-electron chi connectivity index (χ3n) is 5.83. The quantitative estimate of drug-likeness (QED) is 0.600. The predicted molar refractivity (Wildman–Crippen MR) is 116 cm³/mol. The van der Waals surface area contributed by atoms with Gasteiger partial charge in [-0.15, -0.1) is 0 Å². The van der Waals surface area contributed by atoms with Crippen LogP contribution in [-0.4, -0.2) is 51.6 Å². The Bertz CT molecular complexity index is 1080. The van der Waals surface area contributed by atoms with E-state index in [-0.39, 0.29) is 56.9 Å². The molecule has 1 atom stereocenters. The summed E-state index contributed by atoms with van der Waals surface area (Å²) in [5.41, 5.74) is -0.377. The van der Waals surface area contributed by atoms with Gasteiger partial charge in [0.25, 0.3) is 11.8 Å². The van der Waals surface area contributed by atoms with Crippen LogP contribution in [0.5, 0.6) is 0 Å². The van der Waals surface area contributed by atoms with Crippen molar-refractivity contribution in [2.75, 3.05) is 13.2 Å². The Hall–Kier alpha value is -3.09. The summed E-state index contributed by atoms with van der Waals surface area (Å²) in [6.45, 7) is 4.23. The Morgan fingerprint density at radius 2 is 1.86 bits per heavy atom. The van der Waals surface area contributed by atoms with Crippen LogP contribution in [0.4, 0.5) is 26.3 Å². The number of fused-ring (bicyclic) bond motifs is 1. The molecule has 7 nitrogen and oxygen atoms in total. The minimum absolute atomic E-state index is 0.0133. The predicted octanol–water partition coefficient (Wildman–Crippen LogP) is 4.56. The molecule has 198 valence electrons. The molecule has 0 spiro atoms. The van der Waals surface area contributed by atoms with E-state index in [1.807, 2.05) is 13.8 Å². The molecule has 4 rings (SSSR count). The fourth-order valence-corrected chi connectivity index (χ4v) is 4.17. The second-order valence-corrected chi connectivity index (χ2v) is 8.02. The highest BCUT2D eigenvalue weighted by Gasteiger charge is 2.48. The van der Waals surface area contributed by atoms with Crippen LogP contribution < -0.4 is 5.32 Å². The van der Waals surface area contributed by atoms with Crippen LogP contribution in [0.1, 0.15) is 64.5 Å². The molecular weight excluding hydrogens is 494 g/mol. The minimum Gasteiger partial charge on any atom is -0.373 e. The summed E-state index contributed by atoms with van der Waals surface area (Å²) in [4.78, 5) is 30.0. The molecule has 0 saturated carbocycles. The van der Waals surface area contributed by atoms with Gasteiger partial charge in [0.1, 0.15) is 17.4 Å². The SMILES string of the molecule is CC.O=C(NCc1ccc(C(F)(F)F)nc1)c1cc(C(=O)N2CCCC2C(F)(F)F)n2c1COCC2. The molecule has 0 aliphatic carbocycles. The van der Waals surface area contributed by atoms with E-state index in [1.165, 1.54) is 16.7 Å². The number of pyridine rings is 1. The second-order valence-electron chi connectivity index (χ2n) is 8.02. The van der Waals surface area contributed by atoms with E-state index in [4.69, 9.17) is 4.74 Å². The first-order valence-corrected chi connectivity index (χ1v) is 11.4. The van der Waals surface area contributed by atoms with Crippen molar-refractivity contribution in [2.24, 2.45) is 0 Å². The number of amides is 2. The highest BCUT2D eigenvalue weighted by molar-refractivity contribution is 6.00. The molecule has 36 heavy (non-hydrogen) atoms. The number of carbonyl (C=O) groups excluding carboxylic acids is 2. The van der Waals surface area contributed by atoms with E-state index in [1.54, 1.807) is 0 Å². The Morgan fingerprint density at radius 1 is 1.14 bits per heavy atom. The monoisotopic (exact) mass is 520 g/mol. The van der Waals surface area contributed by atoms with Gasteiger partial charge in [-0.25, -0.2) is 0 Å². The number of likely N-dealkylation sites (tertiary alicyclic amines) is 1. The summed E-state index contributed by atoms with van der Waals surface area (Å²) >= 11 is 0. The largest absolute Gasteiger partial charge is 0.433 e. The van der Waals surface area contributed by atoms with Crippen molar-refractivity contribution in [1.82, 2.24) is 19.8 Å². The zero-order valence-electron chi connectivity index (χ0n) is 19.7. The Labute approximate surface area is 203 Å². The van der Waals surface area contributed by atoms with Gasteiger partial charge in [0.15, 0.2) is 0 Å². The molecule has 0 aromatic carbocycles. The van der Waals surface area contributed by atoms with Crippen molar-refractivity contribution in [1.29, 1.82) is 0 Å². The molecule has 2 amide bonds. The summed E-state index contributed by atoms with van der Waals surface area (Å²) in [7, 11) is 0. The summed E-state index contributed by atoms with van der Waals surface area (Å²) in [5.74, 6) is -1.45.